The number of halogens is 3. The molecule has 5 N–H and O–H groups in total. The number of hydrogen-bond acceptors (Lipinski definition) is 5. The number of amides is 1. The number of carbonyl (C=O) groups excluding carboxylic acids is 2. The molecule has 1 amide bonds. The number of nitrogens with one attached hydrogen (secondary N) is 1. The van der Waals surface area contributed by atoms with Gasteiger partial charge in [0.25, 0.3) is 0 Å². The molecule has 0 radical (unpaired) electrons. The smallest absolute Gasteiger partial charge is 0.471 e. The van der Waals surface area contributed by atoms with E-state index >= 15 is 0 Å². The van der Waals surface area contributed by atoms with E-state index < -0.39 is 48.4 Å². The van der Waals surface area contributed by atoms with Gasteiger partial charge >= 0.3 is 18.1 Å². The summed E-state index contributed by atoms with van der Waals surface area (Å²) in [6.07, 6.45) is -7.72. The van der Waals surface area contributed by atoms with E-state index in [0.717, 1.165) is 0 Å². The van der Waals surface area contributed by atoms with Crippen LogP contribution in [0.15, 0.2) is 0 Å². The van der Waals surface area contributed by atoms with E-state index in [-0.39, 0.29) is 12.3 Å². The first-order chi connectivity index (χ1) is 10.4. The first-order valence-electron chi connectivity index (χ1n) is 6.93. The fourth-order valence-electron chi connectivity index (χ4n) is 1.78. The Kier molecular flexibility index (Phi) is 8.18. The van der Waals surface area contributed by atoms with Crippen LogP contribution in [0.3, 0.4) is 0 Å². The highest BCUT2D eigenvalue weighted by Gasteiger charge is 2.42. The van der Waals surface area contributed by atoms with E-state index in [2.05, 4.69) is 0 Å². The predicted octanol–water partition coefficient (Wildman–Crippen LogP) is 0.202. The maximum absolute atomic E-state index is 12.3. The van der Waals surface area contributed by atoms with E-state index in [1.54, 1.807) is 19.2 Å². The number of nitrogens with two attached hydrogens (primary N) is 1. The largest absolute Gasteiger partial charge is 0.481 e. The van der Waals surface area contributed by atoms with Crippen molar-refractivity contribution in [3.63, 3.8) is 0 Å². The molecule has 0 saturated carbocycles. The Morgan fingerprint density at radius 3 is 2.09 bits per heavy atom. The number of carbonyl (C=O) groups is 3. The molecular weight excluding hydrogens is 321 g/mol. The highest BCUT2D eigenvalue weighted by atomic mass is 19.4. The molecular formula is C13H21F3N2O5. The number of ketones is 1. The average molecular weight is 342 g/mol. The van der Waals surface area contributed by atoms with Crippen molar-refractivity contribution < 1.29 is 37.8 Å². The monoisotopic (exact) mass is 342 g/mol. The fraction of sp³-hybridized carbons (Fsp3) is 0.769. The van der Waals surface area contributed by atoms with Crippen molar-refractivity contribution in [2.75, 3.05) is 0 Å². The average Bonchev–Trinajstić information content (AvgIpc) is 2.39. The number of alkyl halides is 3. The summed E-state index contributed by atoms with van der Waals surface area (Å²) in [6.45, 7) is 3.54. The third kappa shape index (κ3) is 7.93. The summed E-state index contributed by atoms with van der Waals surface area (Å²) in [5, 5.41) is 20.0. The van der Waals surface area contributed by atoms with Crippen LogP contribution in [-0.2, 0) is 14.4 Å². The Labute approximate surface area is 131 Å². The van der Waals surface area contributed by atoms with Gasteiger partial charge in [0.2, 0.25) is 0 Å². The highest BCUT2D eigenvalue weighted by Crippen LogP contribution is 2.17. The van der Waals surface area contributed by atoms with Gasteiger partial charge in [-0.1, -0.05) is 13.8 Å². The molecule has 0 aliphatic rings. The highest BCUT2D eigenvalue weighted by molar-refractivity contribution is 5.92. The number of Topliss-reactive ketones (excluding diaryl/α,β-unsaturated/α-hetero) is 1. The van der Waals surface area contributed by atoms with Crippen LogP contribution >= 0.6 is 0 Å². The number of aliphatic hydroxyl groups is 1. The van der Waals surface area contributed by atoms with Crippen LogP contribution in [0.25, 0.3) is 0 Å². The lowest BCUT2D eigenvalue weighted by molar-refractivity contribution is -0.175. The van der Waals surface area contributed by atoms with E-state index in [9.17, 15) is 32.7 Å². The SMILES string of the molecule is CC(C)CCC(NC(=O)C(F)(F)F)C(O)C(=O)[C@@H](N)CC(=O)O. The van der Waals surface area contributed by atoms with Gasteiger partial charge in [-0.05, 0) is 18.8 Å². The number of carboxylic acid groups (broad SMARTS) is 1. The lowest BCUT2D eigenvalue weighted by Crippen LogP contribution is -2.54. The zero-order valence-corrected chi connectivity index (χ0v) is 12.8. The van der Waals surface area contributed by atoms with Gasteiger partial charge in [-0.3, -0.25) is 14.4 Å². The number of aliphatic carboxylic acids is 1. The van der Waals surface area contributed by atoms with Crippen molar-refractivity contribution in [1.29, 1.82) is 0 Å². The minimum absolute atomic E-state index is 0.0512. The van der Waals surface area contributed by atoms with E-state index in [4.69, 9.17) is 10.8 Å². The molecule has 0 rings (SSSR count). The van der Waals surface area contributed by atoms with Gasteiger partial charge in [-0.2, -0.15) is 13.2 Å². The maximum atomic E-state index is 12.3. The number of carboxylic acids is 1. The van der Waals surface area contributed by atoms with Crippen LogP contribution in [0.2, 0.25) is 0 Å². The van der Waals surface area contributed by atoms with Crippen LogP contribution in [0.1, 0.15) is 33.1 Å². The maximum Gasteiger partial charge on any atom is 0.471 e. The summed E-state index contributed by atoms with van der Waals surface area (Å²) in [5.41, 5.74) is 5.30. The van der Waals surface area contributed by atoms with Gasteiger partial charge in [-0.25, -0.2) is 0 Å². The second-order valence-corrected chi connectivity index (χ2v) is 5.60. The molecule has 0 aliphatic heterocycles. The predicted molar refractivity (Wildman–Crippen MR) is 73.3 cm³/mol. The molecule has 0 aromatic rings. The summed E-state index contributed by atoms with van der Waals surface area (Å²) in [4.78, 5) is 33.3. The molecule has 0 heterocycles. The number of rotatable bonds is 9. The Bertz CT molecular complexity index is 440. The van der Waals surface area contributed by atoms with Crippen molar-refractivity contribution >= 4 is 17.7 Å². The molecule has 23 heavy (non-hydrogen) atoms. The van der Waals surface area contributed by atoms with Gasteiger partial charge in [0, 0.05) is 0 Å². The van der Waals surface area contributed by atoms with E-state index in [1.807, 2.05) is 0 Å². The number of hydrogen-bond donors (Lipinski definition) is 4. The summed E-state index contributed by atoms with van der Waals surface area (Å²) >= 11 is 0. The molecule has 10 heteroatoms. The zero-order valence-electron chi connectivity index (χ0n) is 12.8. The van der Waals surface area contributed by atoms with Gasteiger partial charge < -0.3 is 21.3 Å². The van der Waals surface area contributed by atoms with Crippen molar-refractivity contribution in [3.05, 3.63) is 0 Å². The Balaban J connectivity index is 5.06. The minimum Gasteiger partial charge on any atom is -0.481 e. The van der Waals surface area contributed by atoms with Crippen LogP contribution in [-0.4, -0.2) is 52.2 Å². The molecule has 0 aliphatic carbocycles. The summed E-state index contributed by atoms with van der Waals surface area (Å²) in [5.74, 6) is -4.76. The molecule has 134 valence electrons. The Morgan fingerprint density at radius 1 is 1.17 bits per heavy atom. The van der Waals surface area contributed by atoms with Crippen LogP contribution in [0.4, 0.5) is 13.2 Å². The summed E-state index contributed by atoms with van der Waals surface area (Å²) < 4.78 is 37.0. The molecule has 0 aromatic heterocycles. The summed E-state index contributed by atoms with van der Waals surface area (Å²) in [7, 11) is 0. The molecule has 0 saturated heterocycles. The van der Waals surface area contributed by atoms with Crippen LogP contribution in [0, 0.1) is 5.92 Å². The fourth-order valence-corrected chi connectivity index (χ4v) is 1.78. The molecule has 0 aromatic carbocycles. The van der Waals surface area contributed by atoms with Crippen molar-refractivity contribution in [2.45, 2.75) is 57.5 Å². The first kappa shape index (κ1) is 21.3. The first-order valence-corrected chi connectivity index (χ1v) is 6.93. The lowest BCUT2D eigenvalue weighted by Gasteiger charge is -2.26. The zero-order chi connectivity index (χ0) is 18.4. The Morgan fingerprint density at radius 2 is 1.70 bits per heavy atom. The van der Waals surface area contributed by atoms with Crippen LogP contribution in [0.5, 0.6) is 0 Å². The van der Waals surface area contributed by atoms with Gasteiger partial charge in [0.15, 0.2) is 5.78 Å². The Hall–Kier alpha value is -1.68. The molecule has 2 unspecified atom stereocenters. The van der Waals surface area contributed by atoms with Crippen LogP contribution < -0.4 is 11.1 Å². The molecule has 0 bridgehead atoms. The lowest BCUT2D eigenvalue weighted by atomic mass is 9.94. The molecule has 7 nitrogen and oxygen atoms in total. The van der Waals surface area contributed by atoms with Crippen molar-refractivity contribution in [1.82, 2.24) is 5.32 Å². The molecule has 0 spiro atoms. The van der Waals surface area contributed by atoms with Gasteiger partial charge in [0.1, 0.15) is 6.10 Å². The van der Waals surface area contributed by atoms with Gasteiger partial charge in [0.05, 0.1) is 18.5 Å². The summed E-state index contributed by atoms with van der Waals surface area (Å²) in [6, 6.07) is -3.08. The van der Waals surface area contributed by atoms with Crippen molar-refractivity contribution in [3.8, 4) is 0 Å². The third-order valence-corrected chi connectivity index (χ3v) is 3.06. The van der Waals surface area contributed by atoms with Crippen molar-refractivity contribution in [2.24, 2.45) is 11.7 Å². The number of aliphatic hydroxyl groups excluding tert-OH is 1. The standard InChI is InChI=1S/C13H21F3N2O5/c1-6(2)3-4-8(18-12(23)13(14,15)16)11(22)10(21)7(17)5-9(19)20/h6-8,11,22H,3-5,17H2,1-2H3,(H,18,23)(H,19,20)/t7-,8?,11?/m0/s1. The van der Waals surface area contributed by atoms with Gasteiger partial charge in [-0.15, -0.1) is 0 Å². The quantitative estimate of drug-likeness (QED) is 0.474. The molecule has 0 fully saturated rings. The second kappa shape index (κ2) is 8.82. The minimum atomic E-state index is -5.16. The van der Waals surface area contributed by atoms with E-state index in [0.29, 0.717) is 6.42 Å². The third-order valence-electron chi connectivity index (χ3n) is 3.06. The molecule has 3 atom stereocenters. The second-order valence-electron chi connectivity index (χ2n) is 5.60. The topological polar surface area (TPSA) is 130 Å². The van der Waals surface area contributed by atoms with E-state index in [1.165, 1.54) is 0 Å². The normalized spacial score (nSPS) is 15.8.